The van der Waals surface area contributed by atoms with Gasteiger partial charge in [0, 0.05) is 25.4 Å². The molecular formula is C24H36N6O2S. The summed E-state index contributed by atoms with van der Waals surface area (Å²) in [6.07, 6.45) is 2.64. The lowest BCUT2D eigenvalue weighted by Gasteiger charge is -2.13. The van der Waals surface area contributed by atoms with Crippen molar-refractivity contribution in [1.29, 1.82) is 5.26 Å². The van der Waals surface area contributed by atoms with Gasteiger partial charge in [-0.05, 0) is 64.4 Å². The van der Waals surface area contributed by atoms with E-state index in [0.717, 1.165) is 48.3 Å². The summed E-state index contributed by atoms with van der Waals surface area (Å²) in [5.74, 6) is 5.03. The third-order valence-electron chi connectivity index (χ3n) is 4.41. The maximum atomic E-state index is 8.93. The summed E-state index contributed by atoms with van der Waals surface area (Å²) in [5.41, 5.74) is 1.22. The van der Waals surface area contributed by atoms with Gasteiger partial charge >= 0.3 is 0 Å². The minimum absolute atomic E-state index is 0.498. The van der Waals surface area contributed by atoms with Crippen molar-refractivity contribution >= 4 is 17.7 Å². The summed E-state index contributed by atoms with van der Waals surface area (Å²) in [4.78, 5) is 8.04. The Balaban J connectivity index is 1.59. The Hall–Kier alpha value is -2.67. The summed E-state index contributed by atoms with van der Waals surface area (Å²) in [6.45, 7) is 3.65. The van der Waals surface area contributed by atoms with Crippen molar-refractivity contribution in [3.8, 4) is 11.9 Å². The molecule has 0 amide bonds. The van der Waals surface area contributed by atoms with Gasteiger partial charge in [-0.3, -0.25) is 0 Å². The van der Waals surface area contributed by atoms with E-state index in [4.69, 9.17) is 14.4 Å². The molecule has 0 saturated carbocycles. The molecule has 1 aromatic carbocycles. The van der Waals surface area contributed by atoms with E-state index >= 15 is 0 Å². The van der Waals surface area contributed by atoms with Crippen LogP contribution in [0.5, 0.6) is 5.75 Å². The first-order valence-electron chi connectivity index (χ1n) is 11.1. The van der Waals surface area contributed by atoms with Gasteiger partial charge in [0.15, 0.2) is 0 Å². The van der Waals surface area contributed by atoms with E-state index in [0.29, 0.717) is 25.7 Å². The zero-order valence-electron chi connectivity index (χ0n) is 20.1. The van der Waals surface area contributed by atoms with Crippen LogP contribution in [0.4, 0.5) is 0 Å². The van der Waals surface area contributed by atoms with Gasteiger partial charge in [0.05, 0.1) is 18.9 Å². The minimum atomic E-state index is 0.498. The van der Waals surface area contributed by atoms with Crippen LogP contribution in [0.25, 0.3) is 0 Å². The number of hydrogen-bond donors (Lipinski definition) is 2. The highest BCUT2D eigenvalue weighted by molar-refractivity contribution is 7.98. The van der Waals surface area contributed by atoms with Gasteiger partial charge in [0.2, 0.25) is 12.2 Å². The average molecular weight is 473 g/mol. The number of nitriles is 1. The molecule has 0 radical (unpaired) electrons. The Kier molecular flexibility index (Phi) is 12.3. The number of ether oxygens (including phenoxy) is 1. The van der Waals surface area contributed by atoms with Gasteiger partial charge in [-0.25, -0.2) is 0 Å². The van der Waals surface area contributed by atoms with Gasteiger partial charge in [0.1, 0.15) is 17.3 Å². The molecule has 0 aliphatic heterocycles. The van der Waals surface area contributed by atoms with Crippen molar-refractivity contribution in [2.45, 2.75) is 25.3 Å². The molecule has 0 fully saturated rings. The number of nitrogens with one attached hydrogen (secondary N) is 2. The fraction of sp³-hybridized carbons (Fsp3) is 0.500. The molecule has 2 N–H and O–H groups in total. The van der Waals surface area contributed by atoms with Gasteiger partial charge in [0.25, 0.3) is 0 Å². The molecule has 0 spiro atoms. The van der Waals surface area contributed by atoms with E-state index in [9.17, 15) is 0 Å². The molecule has 0 aliphatic rings. The highest BCUT2D eigenvalue weighted by Gasteiger charge is 2.04. The van der Waals surface area contributed by atoms with Crippen LogP contribution < -0.4 is 15.4 Å². The quantitative estimate of drug-likeness (QED) is 0.188. The normalized spacial score (nSPS) is 11.6. The maximum absolute atomic E-state index is 8.93. The first-order chi connectivity index (χ1) is 16.0. The molecule has 1 aromatic heterocycles. The largest absolute Gasteiger partial charge is 0.494 e. The highest BCUT2D eigenvalue weighted by atomic mass is 32.2. The van der Waals surface area contributed by atoms with E-state index < -0.39 is 0 Å². The first kappa shape index (κ1) is 26.6. The molecule has 0 saturated heterocycles. The number of thioether (sulfide) groups is 1. The highest BCUT2D eigenvalue weighted by Crippen LogP contribution is 2.16. The van der Waals surface area contributed by atoms with E-state index in [1.807, 2.05) is 58.6 Å². The SMILES string of the molecule is CN(C)Cc1cccc(OCCCN/C(=N/C#N)NCCSCc2ccc(CN(C)C)o2)c1. The molecule has 1 heterocycles. The number of guanidine groups is 1. The lowest BCUT2D eigenvalue weighted by atomic mass is 10.2. The Labute approximate surface area is 202 Å². The number of hydrogen-bond acceptors (Lipinski definition) is 7. The van der Waals surface area contributed by atoms with E-state index in [1.165, 1.54) is 5.56 Å². The topological polar surface area (TPSA) is 89.1 Å². The van der Waals surface area contributed by atoms with Crippen LogP contribution in [0.1, 0.15) is 23.5 Å². The van der Waals surface area contributed by atoms with Crippen molar-refractivity contribution in [2.24, 2.45) is 4.99 Å². The summed E-state index contributed by atoms with van der Waals surface area (Å²) in [5, 5.41) is 15.3. The molecule has 0 aliphatic carbocycles. The maximum Gasteiger partial charge on any atom is 0.209 e. The van der Waals surface area contributed by atoms with Crippen molar-refractivity contribution < 1.29 is 9.15 Å². The van der Waals surface area contributed by atoms with Crippen LogP contribution >= 0.6 is 11.8 Å². The third kappa shape index (κ3) is 11.7. The van der Waals surface area contributed by atoms with Crippen molar-refractivity contribution in [3.05, 3.63) is 53.5 Å². The van der Waals surface area contributed by atoms with Crippen LogP contribution in [-0.2, 0) is 18.8 Å². The second-order valence-electron chi connectivity index (χ2n) is 8.16. The molecule has 2 aromatic rings. The Morgan fingerprint density at radius 1 is 1.06 bits per heavy atom. The van der Waals surface area contributed by atoms with Crippen LogP contribution in [0.15, 0.2) is 45.8 Å². The van der Waals surface area contributed by atoms with Gasteiger partial charge in [-0.1, -0.05) is 12.1 Å². The fourth-order valence-corrected chi connectivity index (χ4v) is 3.82. The van der Waals surface area contributed by atoms with Gasteiger partial charge in [-0.2, -0.15) is 17.0 Å². The number of aliphatic imine (C=N–C) groups is 1. The van der Waals surface area contributed by atoms with Crippen molar-refractivity contribution in [3.63, 3.8) is 0 Å². The van der Waals surface area contributed by atoms with Crippen LogP contribution in [0.3, 0.4) is 0 Å². The second kappa shape index (κ2) is 15.2. The van der Waals surface area contributed by atoms with Crippen LogP contribution in [0.2, 0.25) is 0 Å². The Morgan fingerprint density at radius 2 is 1.82 bits per heavy atom. The standard InChI is InChI=1S/C24H36N6O2S/c1-29(2)16-20-7-5-8-21(15-20)31-13-6-11-26-24(28-19-25)27-12-14-33-18-23-10-9-22(32-23)17-30(3)4/h5,7-10,15H,6,11-14,16-18H2,1-4H3,(H2,26,27,28). The summed E-state index contributed by atoms with van der Waals surface area (Å²) in [6, 6.07) is 12.2. The molecule has 2 rings (SSSR count). The predicted octanol–water partition coefficient (Wildman–Crippen LogP) is 3.12. The van der Waals surface area contributed by atoms with Crippen molar-refractivity contribution in [1.82, 2.24) is 20.4 Å². The van der Waals surface area contributed by atoms with E-state index in [-0.39, 0.29) is 0 Å². The smallest absolute Gasteiger partial charge is 0.209 e. The summed E-state index contributed by atoms with van der Waals surface area (Å²) < 4.78 is 11.7. The number of nitrogens with zero attached hydrogens (tertiary/aromatic N) is 4. The first-order valence-corrected chi connectivity index (χ1v) is 12.2. The number of furan rings is 1. The van der Waals surface area contributed by atoms with E-state index in [1.54, 1.807) is 11.8 Å². The fourth-order valence-electron chi connectivity index (χ4n) is 3.07. The Morgan fingerprint density at radius 3 is 2.58 bits per heavy atom. The van der Waals surface area contributed by atoms with E-state index in [2.05, 4.69) is 37.6 Å². The molecule has 8 nitrogen and oxygen atoms in total. The van der Waals surface area contributed by atoms with Gasteiger partial charge < -0.3 is 29.6 Å². The summed E-state index contributed by atoms with van der Waals surface area (Å²) >= 11 is 1.77. The molecule has 9 heteroatoms. The number of benzene rings is 1. The third-order valence-corrected chi connectivity index (χ3v) is 5.40. The molecule has 180 valence electrons. The molecule has 33 heavy (non-hydrogen) atoms. The van der Waals surface area contributed by atoms with Crippen molar-refractivity contribution in [2.75, 3.05) is 53.6 Å². The zero-order valence-corrected chi connectivity index (χ0v) is 21.0. The summed E-state index contributed by atoms with van der Waals surface area (Å²) in [7, 11) is 8.14. The minimum Gasteiger partial charge on any atom is -0.494 e. The average Bonchev–Trinajstić information content (AvgIpc) is 3.19. The molecular weight excluding hydrogens is 436 g/mol. The zero-order chi connectivity index (χ0) is 23.9. The van der Waals surface area contributed by atoms with Crippen LogP contribution in [-0.4, -0.2) is 69.4 Å². The predicted molar refractivity (Wildman–Crippen MR) is 135 cm³/mol. The molecule has 0 unspecified atom stereocenters. The second-order valence-corrected chi connectivity index (χ2v) is 9.26. The van der Waals surface area contributed by atoms with Gasteiger partial charge in [-0.15, -0.1) is 4.99 Å². The lowest BCUT2D eigenvalue weighted by Crippen LogP contribution is -2.39. The molecule has 0 atom stereocenters. The lowest BCUT2D eigenvalue weighted by molar-refractivity contribution is 0.310. The Bertz CT molecular complexity index is 891. The number of rotatable bonds is 14. The molecule has 0 bridgehead atoms. The van der Waals surface area contributed by atoms with Crippen LogP contribution in [0, 0.1) is 11.5 Å². The monoisotopic (exact) mass is 472 g/mol.